The first-order valence-electron chi connectivity index (χ1n) is 7.38. The second kappa shape index (κ2) is 5.83. The fourth-order valence-corrected chi connectivity index (χ4v) is 3.51. The van der Waals surface area contributed by atoms with Crippen molar-refractivity contribution in [3.63, 3.8) is 0 Å². The van der Waals surface area contributed by atoms with E-state index in [-0.39, 0.29) is 12.1 Å². The highest BCUT2D eigenvalue weighted by atomic mass is 16.5. The van der Waals surface area contributed by atoms with Crippen LogP contribution >= 0.6 is 0 Å². The Morgan fingerprint density at radius 2 is 1.71 bits per heavy atom. The molecule has 0 aliphatic carbocycles. The van der Waals surface area contributed by atoms with E-state index in [0.717, 1.165) is 17.1 Å². The van der Waals surface area contributed by atoms with Crippen LogP contribution in [0.15, 0.2) is 18.2 Å². The lowest BCUT2D eigenvalue weighted by atomic mass is 9.79. The van der Waals surface area contributed by atoms with Crippen molar-refractivity contribution in [2.24, 2.45) is 0 Å². The van der Waals surface area contributed by atoms with Crippen molar-refractivity contribution in [3.05, 3.63) is 23.8 Å². The molecule has 2 saturated heterocycles. The normalized spacial score (nSPS) is 31.8. The average molecular weight is 293 g/mol. The van der Waals surface area contributed by atoms with Gasteiger partial charge in [-0.2, -0.15) is 0 Å². The first-order valence-corrected chi connectivity index (χ1v) is 7.38. The molecule has 3 rings (SSSR count). The fraction of sp³-hybridized carbons (Fsp3) is 0.625. The van der Waals surface area contributed by atoms with Crippen molar-refractivity contribution >= 4 is 0 Å². The quantitative estimate of drug-likeness (QED) is 0.871. The molecule has 5 nitrogen and oxygen atoms in total. The van der Waals surface area contributed by atoms with Crippen molar-refractivity contribution in [2.45, 2.75) is 36.9 Å². The Labute approximate surface area is 125 Å². The molecule has 2 bridgehead atoms. The number of rotatable bonds is 4. The first-order chi connectivity index (χ1) is 10.1. The molecule has 2 N–H and O–H groups in total. The van der Waals surface area contributed by atoms with Gasteiger partial charge in [0.25, 0.3) is 0 Å². The minimum atomic E-state index is -0.693. The Hall–Kier alpha value is -1.30. The highest BCUT2D eigenvalue weighted by Crippen LogP contribution is 2.33. The van der Waals surface area contributed by atoms with Crippen molar-refractivity contribution in [3.8, 4) is 11.5 Å². The lowest BCUT2D eigenvalue weighted by Crippen LogP contribution is -2.60. The van der Waals surface area contributed by atoms with Gasteiger partial charge in [-0.1, -0.05) is 0 Å². The van der Waals surface area contributed by atoms with E-state index in [1.165, 1.54) is 0 Å². The van der Waals surface area contributed by atoms with E-state index in [1.807, 2.05) is 18.2 Å². The van der Waals surface area contributed by atoms with Crippen LogP contribution in [-0.4, -0.2) is 50.2 Å². The van der Waals surface area contributed by atoms with Crippen LogP contribution in [0.1, 0.15) is 18.4 Å². The molecule has 2 atom stereocenters. The monoisotopic (exact) mass is 293 g/mol. The summed E-state index contributed by atoms with van der Waals surface area (Å²) in [6, 6.07) is 6.27. The minimum absolute atomic E-state index is 0.245. The molecule has 2 aliphatic rings. The molecule has 2 fully saturated rings. The van der Waals surface area contributed by atoms with Gasteiger partial charge in [-0.15, -0.1) is 0 Å². The summed E-state index contributed by atoms with van der Waals surface area (Å²) in [7, 11) is 3.28. The van der Waals surface area contributed by atoms with E-state index in [0.29, 0.717) is 32.5 Å². The zero-order valence-electron chi connectivity index (χ0n) is 12.6. The van der Waals surface area contributed by atoms with Gasteiger partial charge in [-0.3, -0.25) is 0 Å². The molecule has 1 aromatic carbocycles. The molecule has 0 spiro atoms. The number of ether oxygens (including phenoxy) is 3. The third kappa shape index (κ3) is 3.31. The van der Waals surface area contributed by atoms with Crippen LogP contribution in [-0.2, 0) is 11.2 Å². The molecule has 2 heterocycles. The van der Waals surface area contributed by atoms with Gasteiger partial charge in [-0.25, -0.2) is 0 Å². The van der Waals surface area contributed by atoms with Gasteiger partial charge in [-0.05, 0) is 30.5 Å². The molecular weight excluding hydrogens is 270 g/mol. The van der Waals surface area contributed by atoms with E-state index in [1.54, 1.807) is 14.2 Å². The molecule has 0 amide bonds. The summed E-state index contributed by atoms with van der Waals surface area (Å²) in [5.41, 5.74) is 0.344. The van der Waals surface area contributed by atoms with Gasteiger partial charge in [0, 0.05) is 24.6 Å². The molecule has 1 aromatic rings. The second-order valence-corrected chi connectivity index (χ2v) is 6.13. The Balaban J connectivity index is 1.78. The topological polar surface area (TPSA) is 60.0 Å². The number of fused-ring (bicyclic) bond motifs is 2. The van der Waals surface area contributed by atoms with Gasteiger partial charge >= 0.3 is 0 Å². The average Bonchev–Trinajstić information content (AvgIpc) is 2.45. The van der Waals surface area contributed by atoms with Crippen LogP contribution in [0.3, 0.4) is 0 Å². The summed E-state index contributed by atoms with van der Waals surface area (Å²) < 4.78 is 16.1. The van der Waals surface area contributed by atoms with Gasteiger partial charge in [0.1, 0.15) is 11.5 Å². The number of hydrogen-bond acceptors (Lipinski definition) is 5. The van der Waals surface area contributed by atoms with Crippen molar-refractivity contribution < 1.29 is 19.3 Å². The number of aliphatic hydroxyl groups is 1. The minimum Gasteiger partial charge on any atom is -0.497 e. The van der Waals surface area contributed by atoms with Gasteiger partial charge < -0.3 is 24.6 Å². The van der Waals surface area contributed by atoms with Gasteiger partial charge in [0.05, 0.1) is 33.0 Å². The van der Waals surface area contributed by atoms with E-state index >= 15 is 0 Å². The molecule has 0 saturated carbocycles. The predicted octanol–water partition coefficient (Wildman–Crippen LogP) is 1.13. The zero-order chi connectivity index (χ0) is 14.9. The Morgan fingerprint density at radius 3 is 2.24 bits per heavy atom. The van der Waals surface area contributed by atoms with Gasteiger partial charge in [0.15, 0.2) is 0 Å². The maximum absolute atomic E-state index is 11.0. The van der Waals surface area contributed by atoms with E-state index < -0.39 is 5.60 Å². The molecule has 5 heteroatoms. The number of benzene rings is 1. The molecule has 116 valence electrons. The van der Waals surface area contributed by atoms with Crippen LogP contribution in [0.4, 0.5) is 0 Å². The maximum atomic E-state index is 11.0. The molecule has 21 heavy (non-hydrogen) atoms. The number of hydrogen-bond donors (Lipinski definition) is 2. The number of morpholine rings is 1. The zero-order valence-corrected chi connectivity index (χ0v) is 12.6. The molecular formula is C16H23NO4. The molecule has 2 aliphatic heterocycles. The van der Waals surface area contributed by atoms with E-state index in [9.17, 15) is 5.11 Å². The van der Waals surface area contributed by atoms with Crippen LogP contribution in [0.5, 0.6) is 11.5 Å². The third-order valence-corrected chi connectivity index (χ3v) is 4.31. The molecule has 0 aromatic heterocycles. The largest absolute Gasteiger partial charge is 0.497 e. The number of piperidine rings is 1. The van der Waals surface area contributed by atoms with Crippen molar-refractivity contribution in [1.29, 1.82) is 0 Å². The Bertz CT molecular complexity index is 471. The molecule has 2 unspecified atom stereocenters. The number of methoxy groups -OCH3 is 2. The smallest absolute Gasteiger partial charge is 0.122 e. The Morgan fingerprint density at radius 1 is 1.14 bits per heavy atom. The first kappa shape index (κ1) is 14.6. The Kier molecular flexibility index (Phi) is 4.06. The van der Waals surface area contributed by atoms with E-state index in [2.05, 4.69) is 5.32 Å². The number of nitrogens with one attached hydrogen (secondary N) is 1. The SMILES string of the molecule is COc1cc(CC2(O)CC3COCC(C2)N3)cc(OC)c1. The summed E-state index contributed by atoms with van der Waals surface area (Å²) in [6.45, 7) is 1.36. The van der Waals surface area contributed by atoms with Crippen LogP contribution in [0, 0.1) is 0 Å². The summed E-state index contributed by atoms with van der Waals surface area (Å²) in [4.78, 5) is 0. The summed E-state index contributed by atoms with van der Waals surface area (Å²) in [6.07, 6.45) is 2.03. The van der Waals surface area contributed by atoms with Crippen LogP contribution in [0.25, 0.3) is 0 Å². The lowest BCUT2D eigenvalue weighted by molar-refractivity contribution is -0.0755. The summed E-state index contributed by atoms with van der Waals surface area (Å²) in [5, 5.41) is 14.5. The highest BCUT2D eigenvalue weighted by molar-refractivity contribution is 5.39. The third-order valence-electron chi connectivity index (χ3n) is 4.31. The fourth-order valence-electron chi connectivity index (χ4n) is 3.51. The van der Waals surface area contributed by atoms with Crippen LogP contribution < -0.4 is 14.8 Å². The molecule has 0 radical (unpaired) electrons. The standard InChI is InChI=1S/C16H23NO4/c1-19-14-3-11(4-15(5-14)20-2)6-16(18)7-12-9-21-10-13(8-16)17-12/h3-5,12-13,17-18H,6-10H2,1-2H3. The van der Waals surface area contributed by atoms with Crippen molar-refractivity contribution in [2.75, 3.05) is 27.4 Å². The lowest BCUT2D eigenvalue weighted by Gasteiger charge is -2.45. The van der Waals surface area contributed by atoms with Crippen LogP contribution in [0.2, 0.25) is 0 Å². The van der Waals surface area contributed by atoms with E-state index in [4.69, 9.17) is 14.2 Å². The second-order valence-electron chi connectivity index (χ2n) is 6.13. The summed E-state index contributed by atoms with van der Waals surface area (Å²) in [5.74, 6) is 1.51. The highest BCUT2D eigenvalue weighted by Gasteiger charge is 2.41. The van der Waals surface area contributed by atoms with Crippen molar-refractivity contribution in [1.82, 2.24) is 5.32 Å². The maximum Gasteiger partial charge on any atom is 0.122 e. The predicted molar refractivity (Wildman–Crippen MR) is 79.0 cm³/mol. The van der Waals surface area contributed by atoms with Gasteiger partial charge in [0.2, 0.25) is 0 Å². The summed E-state index contributed by atoms with van der Waals surface area (Å²) >= 11 is 0.